The van der Waals surface area contributed by atoms with E-state index >= 15 is 0 Å². The smallest absolute Gasteiger partial charge is 0.366 e. The Kier molecular flexibility index (Phi) is 6.58. The number of hydrogen-bond donors (Lipinski definition) is 1. The summed E-state index contributed by atoms with van der Waals surface area (Å²) in [6, 6.07) is 14.2. The highest BCUT2D eigenvalue weighted by Gasteiger charge is 2.37. The highest BCUT2D eigenvalue weighted by molar-refractivity contribution is 6.30. The Bertz CT molecular complexity index is 1260. The largest absolute Gasteiger partial charge is 0.417 e. The van der Waals surface area contributed by atoms with E-state index < -0.39 is 17.3 Å². The van der Waals surface area contributed by atoms with Crippen LogP contribution in [0.25, 0.3) is 11.3 Å². The minimum absolute atomic E-state index is 0.00145. The molecule has 1 aliphatic heterocycles. The fourth-order valence-corrected chi connectivity index (χ4v) is 4.03. The van der Waals surface area contributed by atoms with E-state index in [-0.39, 0.29) is 17.6 Å². The van der Waals surface area contributed by atoms with Crippen molar-refractivity contribution in [3.63, 3.8) is 0 Å². The van der Waals surface area contributed by atoms with Gasteiger partial charge in [0.1, 0.15) is 29.3 Å². The second kappa shape index (κ2) is 9.58. The lowest BCUT2D eigenvalue weighted by molar-refractivity contribution is -0.137. The van der Waals surface area contributed by atoms with Gasteiger partial charge in [-0.3, -0.25) is 0 Å². The molecule has 0 saturated carbocycles. The van der Waals surface area contributed by atoms with Crippen LogP contribution in [0, 0.1) is 22.7 Å². The summed E-state index contributed by atoms with van der Waals surface area (Å²) in [5.41, 5.74) is -0.510. The second-order valence-corrected chi connectivity index (χ2v) is 8.28. The van der Waals surface area contributed by atoms with Gasteiger partial charge in [-0.2, -0.15) is 23.7 Å². The first-order chi connectivity index (χ1) is 16.3. The van der Waals surface area contributed by atoms with Gasteiger partial charge in [-0.05, 0) is 43.2 Å². The molecular weight excluding hydrogens is 465 g/mol. The summed E-state index contributed by atoms with van der Waals surface area (Å²) < 4.78 is 41.7. The fourth-order valence-electron chi connectivity index (χ4n) is 3.90. The molecule has 0 bridgehead atoms. The molecule has 10 heteroatoms. The number of anilines is 2. The molecular formula is C24H18ClF3N6. The minimum atomic E-state index is -4.72. The number of halogens is 4. The van der Waals surface area contributed by atoms with Gasteiger partial charge in [0.05, 0.1) is 16.8 Å². The molecule has 0 aliphatic carbocycles. The molecule has 3 heterocycles. The summed E-state index contributed by atoms with van der Waals surface area (Å²) in [4.78, 5) is 10.4. The Balaban J connectivity index is 1.69. The third kappa shape index (κ3) is 5.05. The first kappa shape index (κ1) is 23.3. The average molecular weight is 483 g/mol. The van der Waals surface area contributed by atoms with Gasteiger partial charge in [-0.15, -0.1) is 0 Å². The predicted molar refractivity (Wildman–Crippen MR) is 122 cm³/mol. The second-order valence-electron chi connectivity index (χ2n) is 7.84. The maximum Gasteiger partial charge on any atom is 0.417 e. The maximum atomic E-state index is 13.9. The molecule has 1 N–H and O–H groups in total. The summed E-state index contributed by atoms with van der Waals surface area (Å²) in [6.45, 7) is 0.798. The van der Waals surface area contributed by atoms with Crippen molar-refractivity contribution in [2.45, 2.75) is 25.1 Å². The van der Waals surface area contributed by atoms with Crippen LogP contribution >= 0.6 is 11.6 Å². The highest BCUT2D eigenvalue weighted by atomic mass is 35.5. The average Bonchev–Trinajstić information content (AvgIpc) is 2.84. The van der Waals surface area contributed by atoms with Gasteiger partial charge in [0, 0.05) is 35.9 Å². The predicted octanol–water partition coefficient (Wildman–Crippen LogP) is 5.64. The van der Waals surface area contributed by atoms with Crippen LogP contribution in [0.15, 0.2) is 48.7 Å². The number of nitrogens with one attached hydrogen (secondary N) is 1. The minimum Gasteiger partial charge on any atom is -0.366 e. The lowest BCUT2D eigenvalue weighted by Crippen LogP contribution is -2.43. The van der Waals surface area contributed by atoms with Crippen molar-refractivity contribution in [2.24, 2.45) is 0 Å². The van der Waals surface area contributed by atoms with Crippen molar-refractivity contribution >= 4 is 23.2 Å². The monoisotopic (exact) mass is 482 g/mol. The van der Waals surface area contributed by atoms with E-state index in [1.165, 1.54) is 6.20 Å². The molecule has 4 rings (SSSR count). The number of alkyl halides is 3. The van der Waals surface area contributed by atoms with Crippen molar-refractivity contribution in [3.05, 3.63) is 70.4 Å². The quantitative estimate of drug-likeness (QED) is 0.517. The SMILES string of the molecule is N#Cc1ccc(NC2CCCN(c3nc(-c4ccc(Cl)cc4)cc(C(F)(F)F)c3C#N)C2)nc1. The van der Waals surface area contributed by atoms with Crippen LogP contribution < -0.4 is 10.2 Å². The molecule has 0 radical (unpaired) electrons. The molecule has 1 aromatic carbocycles. The van der Waals surface area contributed by atoms with Crippen LogP contribution in [-0.4, -0.2) is 29.1 Å². The number of nitrogens with zero attached hydrogens (tertiary/aromatic N) is 5. The Morgan fingerprint density at radius 2 is 1.85 bits per heavy atom. The number of aromatic nitrogens is 2. The van der Waals surface area contributed by atoms with Gasteiger partial charge in [0.15, 0.2) is 0 Å². The molecule has 6 nitrogen and oxygen atoms in total. The Labute approximate surface area is 199 Å². The van der Waals surface area contributed by atoms with E-state index in [9.17, 15) is 18.4 Å². The van der Waals surface area contributed by atoms with Crippen LogP contribution in [0.1, 0.15) is 29.5 Å². The van der Waals surface area contributed by atoms with E-state index in [1.807, 2.05) is 6.07 Å². The number of benzene rings is 1. The Morgan fingerprint density at radius 3 is 2.47 bits per heavy atom. The van der Waals surface area contributed by atoms with Gasteiger partial charge in [-0.1, -0.05) is 23.7 Å². The number of nitriles is 2. The maximum absolute atomic E-state index is 13.9. The van der Waals surface area contributed by atoms with Gasteiger partial charge in [0.2, 0.25) is 0 Å². The fraction of sp³-hybridized carbons (Fsp3) is 0.250. The standard InChI is InChI=1S/C24H18ClF3N6/c25-17-6-4-16(5-7-17)21-10-20(24(26,27)28)19(12-30)23(33-21)34-9-1-2-18(14-34)32-22-8-3-15(11-29)13-31-22/h3-8,10,13,18H,1-2,9,14H2,(H,31,32). The normalized spacial score (nSPS) is 15.9. The van der Waals surface area contributed by atoms with Crippen LogP contribution in [0.5, 0.6) is 0 Å². The van der Waals surface area contributed by atoms with Crippen molar-refractivity contribution in [3.8, 4) is 23.4 Å². The third-order valence-corrected chi connectivity index (χ3v) is 5.78. The van der Waals surface area contributed by atoms with Gasteiger partial charge >= 0.3 is 6.18 Å². The molecule has 1 aliphatic rings. The number of rotatable bonds is 4. The molecule has 1 fully saturated rings. The first-order valence-electron chi connectivity index (χ1n) is 10.4. The summed E-state index contributed by atoms with van der Waals surface area (Å²) in [7, 11) is 0. The van der Waals surface area contributed by atoms with Crippen LogP contribution in [0.2, 0.25) is 5.02 Å². The van der Waals surface area contributed by atoms with Gasteiger partial charge in [0.25, 0.3) is 0 Å². The topological polar surface area (TPSA) is 88.6 Å². The molecule has 1 unspecified atom stereocenters. The van der Waals surface area contributed by atoms with Crippen molar-refractivity contribution in [1.29, 1.82) is 10.5 Å². The Hall–Kier alpha value is -3.82. The van der Waals surface area contributed by atoms with Crippen LogP contribution in [-0.2, 0) is 6.18 Å². The number of hydrogen-bond acceptors (Lipinski definition) is 6. The third-order valence-electron chi connectivity index (χ3n) is 5.52. The van der Waals surface area contributed by atoms with Crippen LogP contribution in [0.3, 0.4) is 0 Å². The number of piperidine rings is 1. The molecule has 1 atom stereocenters. The molecule has 34 heavy (non-hydrogen) atoms. The van der Waals surface area contributed by atoms with E-state index in [0.717, 1.165) is 12.5 Å². The zero-order chi connectivity index (χ0) is 24.3. The lowest BCUT2D eigenvalue weighted by Gasteiger charge is -2.35. The molecule has 3 aromatic rings. The lowest BCUT2D eigenvalue weighted by atomic mass is 10.0. The summed E-state index contributed by atoms with van der Waals surface area (Å²) in [6.07, 6.45) is -1.82. The van der Waals surface area contributed by atoms with Crippen molar-refractivity contribution in [1.82, 2.24) is 9.97 Å². The highest BCUT2D eigenvalue weighted by Crippen LogP contribution is 2.38. The van der Waals surface area contributed by atoms with Crippen molar-refractivity contribution < 1.29 is 13.2 Å². The van der Waals surface area contributed by atoms with Gasteiger partial charge in [-0.25, -0.2) is 9.97 Å². The summed E-state index contributed by atoms with van der Waals surface area (Å²) in [5.74, 6) is 0.562. The van der Waals surface area contributed by atoms with Crippen molar-refractivity contribution in [2.75, 3.05) is 23.3 Å². The molecule has 0 spiro atoms. The summed E-state index contributed by atoms with van der Waals surface area (Å²) in [5, 5.41) is 22.3. The number of pyridine rings is 2. The van der Waals surface area contributed by atoms with Crippen LogP contribution in [0.4, 0.5) is 24.8 Å². The van der Waals surface area contributed by atoms with E-state index in [1.54, 1.807) is 47.4 Å². The molecule has 172 valence electrons. The van der Waals surface area contributed by atoms with E-state index in [0.29, 0.717) is 41.5 Å². The van der Waals surface area contributed by atoms with E-state index in [2.05, 4.69) is 15.3 Å². The molecule has 2 aromatic heterocycles. The first-order valence-corrected chi connectivity index (χ1v) is 10.8. The zero-order valence-corrected chi connectivity index (χ0v) is 18.5. The molecule has 1 saturated heterocycles. The molecule has 0 amide bonds. The zero-order valence-electron chi connectivity index (χ0n) is 17.8. The van der Waals surface area contributed by atoms with E-state index in [4.69, 9.17) is 16.9 Å². The van der Waals surface area contributed by atoms with Gasteiger partial charge < -0.3 is 10.2 Å². The Morgan fingerprint density at radius 1 is 1.09 bits per heavy atom. The summed E-state index contributed by atoms with van der Waals surface area (Å²) >= 11 is 5.92.